The van der Waals surface area contributed by atoms with Crippen LogP contribution in [-0.2, 0) is 30.2 Å². The van der Waals surface area contributed by atoms with Crippen molar-refractivity contribution in [2.45, 2.75) is 51.8 Å². The van der Waals surface area contributed by atoms with Crippen molar-refractivity contribution in [2.75, 3.05) is 52.4 Å². The minimum atomic E-state index is -4.53. The van der Waals surface area contributed by atoms with Crippen LogP contribution in [0.25, 0.3) is 22.9 Å². The van der Waals surface area contributed by atoms with Crippen LogP contribution in [0, 0.1) is 0 Å². The Balaban J connectivity index is 0.000000205. The van der Waals surface area contributed by atoms with E-state index in [0.29, 0.717) is 44.8 Å². The van der Waals surface area contributed by atoms with Gasteiger partial charge in [-0.05, 0) is 56.2 Å². The van der Waals surface area contributed by atoms with E-state index in [-0.39, 0.29) is 29.0 Å². The molecule has 2 aliphatic heterocycles. The molecule has 51 heavy (non-hydrogen) atoms. The molecule has 2 aromatic heterocycles. The van der Waals surface area contributed by atoms with Crippen molar-refractivity contribution in [2.24, 2.45) is 0 Å². The summed E-state index contributed by atoms with van der Waals surface area (Å²) in [4.78, 5) is 18.0. The highest BCUT2D eigenvalue weighted by molar-refractivity contribution is 5.68. The molecule has 2 aromatic carbocycles. The maximum absolute atomic E-state index is 13.3. The van der Waals surface area contributed by atoms with Crippen molar-refractivity contribution in [1.29, 1.82) is 0 Å². The molecule has 2 saturated heterocycles. The lowest BCUT2D eigenvalue weighted by Gasteiger charge is -2.35. The maximum atomic E-state index is 13.3. The van der Waals surface area contributed by atoms with Gasteiger partial charge in [0.15, 0.2) is 0 Å². The predicted molar refractivity (Wildman–Crippen MR) is 171 cm³/mol. The van der Waals surface area contributed by atoms with Crippen molar-refractivity contribution >= 4 is 6.09 Å². The van der Waals surface area contributed by atoms with E-state index in [4.69, 9.17) is 13.6 Å². The summed E-state index contributed by atoms with van der Waals surface area (Å²) in [6, 6.07) is 7.98. The van der Waals surface area contributed by atoms with Crippen molar-refractivity contribution < 1.29 is 44.7 Å². The van der Waals surface area contributed by atoms with Crippen molar-refractivity contribution in [1.82, 2.24) is 40.4 Å². The fourth-order valence-corrected chi connectivity index (χ4v) is 5.61. The van der Waals surface area contributed by atoms with Gasteiger partial charge in [-0.2, -0.15) is 26.3 Å². The summed E-state index contributed by atoms with van der Waals surface area (Å²) in [5.74, 6) is -0.289. The molecule has 0 radical (unpaired) electrons. The Morgan fingerprint density at radius 3 is 1.57 bits per heavy atom. The molecule has 4 aromatic rings. The van der Waals surface area contributed by atoms with Gasteiger partial charge in [0.2, 0.25) is 24.6 Å². The van der Waals surface area contributed by atoms with E-state index in [1.54, 1.807) is 4.90 Å². The van der Waals surface area contributed by atoms with E-state index in [1.165, 1.54) is 24.3 Å². The van der Waals surface area contributed by atoms with Crippen LogP contribution >= 0.6 is 0 Å². The second-order valence-corrected chi connectivity index (χ2v) is 13.0. The first-order chi connectivity index (χ1) is 24.1. The summed E-state index contributed by atoms with van der Waals surface area (Å²) in [6.45, 7) is 12.2. The zero-order valence-corrected chi connectivity index (χ0v) is 28.2. The van der Waals surface area contributed by atoms with Gasteiger partial charge in [-0.25, -0.2) is 4.79 Å². The van der Waals surface area contributed by atoms with E-state index in [1.807, 2.05) is 20.8 Å². The molecule has 6 rings (SSSR count). The average molecular weight is 725 g/mol. The Morgan fingerprint density at radius 2 is 1.18 bits per heavy atom. The molecule has 2 aliphatic rings. The lowest BCUT2D eigenvalue weighted by molar-refractivity contribution is -0.138. The summed E-state index contributed by atoms with van der Waals surface area (Å²) in [5, 5.41) is 17.4. The van der Waals surface area contributed by atoms with Gasteiger partial charge < -0.3 is 23.8 Å². The summed E-state index contributed by atoms with van der Waals surface area (Å²) in [7, 11) is 0. The molecule has 18 heteroatoms. The number of nitrogens with one attached hydrogen (secondary N) is 1. The number of amides is 1. The number of hydrogen-bond donors (Lipinski definition) is 1. The molecule has 0 unspecified atom stereocenters. The van der Waals surface area contributed by atoms with Gasteiger partial charge in [0.05, 0.1) is 22.3 Å². The number of alkyl halides is 6. The van der Waals surface area contributed by atoms with Crippen LogP contribution in [0.1, 0.15) is 43.0 Å². The second-order valence-electron chi connectivity index (χ2n) is 13.0. The van der Waals surface area contributed by atoms with Crippen LogP contribution in [0.2, 0.25) is 0 Å². The lowest BCUT2D eigenvalue weighted by Crippen LogP contribution is -2.49. The number of nitrogens with zero attached hydrogens (tertiary/aromatic N) is 7. The standard InChI is InChI=1S/C19H23F3N4O3.C14H15F3N4O/c1-18(2,3)29-17(27)26-8-6-25(7-9-26)11-13-4-5-15(19(20,21)22)14(10-13)16-24-23-12-28-16;15-14(16,17)12-2-1-10(8-21-5-3-18-4-6-21)7-11(12)13-20-19-9-22-13/h4-5,10,12H,6-9,11H2,1-3H3;1-2,7,9,18H,3-6,8H2. The van der Waals surface area contributed by atoms with Gasteiger partial charge >= 0.3 is 18.4 Å². The molecular weight excluding hydrogens is 686 g/mol. The summed E-state index contributed by atoms with van der Waals surface area (Å²) < 4.78 is 94.6. The van der Waals surface area contributed by atoms with Crippen LogP contribution in [-0.4, -0.2) is 99.1 Å². The van der Waals surface area contributed by atoms with Crippen molar-refractivity contribution in [3.63, 3.8) is 0 Å². The molecule has 0 aliphatic carbocycles. The van der Waals surface area contributed by atoms with Gasteiger partial charge in [0.1, 0.15) is 5.60 Å². The topological polar surface area (TPSA) is 126 Å². The van der Waals surface area contributed by atoms with E-state index < -0.39 is 29.1 Å². The molecule has 0 spiro atoms. The van der Waals surface area contributed by atoms with Gasteiger partial charge in [0, 0.05) is 65.4 Å². The number of halogens is 6. The van der Waals surface area contributed by atoms with E-state index in [2.05, 4.69) is 35.5 Å². The van der Waals surface area contributed by atoms with Gasteiger partial charge in [0.25, 0.3) is 0 Å². The second kappa shape index (κ2) is 15.8. The molecular formula is C33H38F6N8O4. The minimum absolute atomic E-state index is 0.0716. The molecule has 12 nitrogen and oxygen atoms in total. The molecule has 1 amide bonds. The van der Waals surface area contributed by atoms with Crippen LogP contribution in [0.5, 0.6) is 0 Å². The largest absolute Gasteiger partial charge is 0.444 e. The number of aromatic nitrogens is 4. The number of carbonyl (C=O) groups is 1. The number of ether oxygens (including phenoxy) is 1. The number of rotatable bonds is 6. The quantitative estimate of drug-likeness (QED) is 0.237. The van der Waals surface area contributed by atoms with Gasteiger partial charge in [-0.1, -0.05) is 12.1 Å². The normalized spacial score (nSPS) is 16.5. The molecule has 0 atom stereocenters. The Kier molecular flexibility index (Phi) is 11.7. The number of piperazine rings is 2. The Morgan fingerprint density at radius 1 is 0.725 bits per heavy atom. The smallest absolute Gasteiger partial charge is 0.417 e. The highest BCUT2D eigenvalue weighted by Gasteiger charge is 2.36. The highest BCUT2D eigenvalue weighted by atomic mass is 19.4. The average Bonchev–Trinajstić information content (AvgIpc) is 3.80. The highest BCUT2D eigenvalue weighted by Crippen LogP contribution is 2.38. The van der Waals surface area contributed by atoms with Crippen LogP contribution < -0.4 is 5.32 Å². The number of hydrogen-bond acceptors (Lipinski definition) is 11. The van der Waals surface area contributed by atoms with E-state index in [0.717, 1.165) is 56.7 Å². The van der Waals surface area contributed by atoms with Gasteiger partial charge in [-0.3, -0.25) is 9.80 Å². The first-order valence-corrected chi connectivity index (χ1v) is 16.1. The summed E-state index contributed by atoms with van der Waals surface area (Å²) >= 11 is 0. The Labute approximate surface area is 289 Å². The fraction of sp³-hybridized carbons (Fsp3) is 0.485. The van der Waals surface area contributed by atoms with E-state index in [9.17, 15) is 31.1 Å². The monoisotopic (exact) mass is 724 g/mol. The van der Waals surface area contributed by atoms with Crippen molar-refractivity contribution in [3.8, 4) is 22.9 Å². The SMILES string of the molecule is CC(C)(C)OC(=O)N1CCN(Cc2ccc(C(F)(F)F)c(-c3nnco3)c2)CC1.FC(F)(F)c1ccc(CN2CCNCC2)cc1-c1nnco1. The zero-order valence-electron chi connectivity index (χ0n) is 28.2. The zero-order chi connectivity index (χ0) is 36.8. The Hall–Kier alpha value is -4.55. The first kappa shape index (κ1) is 37.7. The maximum Gasteiger partial charge on any atom is 0.417 e. The van der Waals surface area contributed by atoms with Crippen LogP contribution in [0.15, 0.2) is 58.0 Å². The predicted octanol–water partition coefficient (Wildman–Crippen LogP) is 5.97. The van der Waals surface area contributed by atoms with Crippen LogP contribution in [0.4, 0.5) is 31.1 Å². The fourth-order valence-electron chi connectivity index (χ4n) is 5.61. The third-order valence-corrected chi connectivity index (χ3v) is 8.01. The third kappa shape index (κ3) is 10.5. The number of carbonyl (C=O) groups excluding carboxylic acids is 1. The van der Waals surface area contributed by atoms with E-state index >= 15 is 0 Å². The van der Waals surface area contributed by atoms with Crippen molar-refractivity contribution in [3.05, 3.63) is 71.4 Å². The van der Waals surface area contributed by atoms with Crippen LogP contribution in [0.3, 0.4) is 0 Å². The molecule has 0 saturated carbocycles. The minimum Gasteiger partial charge on any atom is -0.444 e. The molecule has 2 fully saturated rings. The summed E-state index contributed by atoms with van der Waals surface area (Å²) in [6.07, 6.45) is -7.32. The van der Waals surface area contributed by atoms with Gasteiger partial charge in [-0.15, -0.1) is 20.4 Å². The molecule has 4 heterocycles. The third-order valence-electron chi connectivity index (χ3n) is 8.01. The lowest BCUT2D eigenvalue weighted by atomic mass is 10.0. The Bertz CT molecular complexity index is 1710. The molecule has 0 bridgehead atoms. The molecule has 1 N–H and O–H groups in total. The molecule has 276 valence electrons. The summed E-state index contributed by atoms with van der Waals surface area (Å²) in [5.41, 5.74) is -0.863. The first-order valence-electron chi connectivity index (χ1n) is 16.1. The number of benzene rings is 2.